The molecule has 2 atom stereocenters. The van der Waals surface area contributed by atoms with Crippen LogP contribution in [0.4, 0.5) is 0 Å². The van der Waals surface area contributed by atoms with Gasteiger partial charge in [-0.1, -0.05) is 60.7 Å². The maximum Gasteiger partial charge on any atom is 0.309 e. The minimum absolute atomic E-state index is 0.00553. The molecule has 3 nitrogen and oxygen atoms in total. The Morgan fingerprint density at radius 2 is 1.65 bits per heavy atom. The minimum Gasteiger partial charge on any atom is -0.465 e. The number of ether oxygens (including phenoxy) is 1. The van der Waals surface area contributed by atoms with Crippen molar-refractivity contribution in [3.63, 3.8) is 0 Å². The third kappa shape index (κ3) is 2.55. The molecule has 1 aliphatic carbocycles. The molecule has 0 radical (unpaired) electrons. The highest BCUT2D eigenvalue weighted by molar-refractivity contribution is 5.77. The summed E-state index contributed by atoms with van der Waals surface area (Å²) < 4.78 is 5.31. The molecule has 0 spiro atoms. The first kappa shape index (κ1) is 14.5. The van der Waals surface area contributed by atoms with Crippen molar-refractivity contribution in [1.82, 2.24) is 5.32 Å². The summed E-state index contributed by atoms with van der Waals surface area (Å²) in [5.74, 6) is 0.0937. The molecule has 4 rings (SSSR count). The lowest BCUT2D eigenvalue weighted by Crippen LogP contribution is -2.48. The topological polar surface area (TPSA) is 38.3 Å². The van der Waals surface area contributed by atoms with Gasteiger partial charge in [0.15, 0.2) is 0 Å². The van der Waals surface area contributed by atoms with Crippen molar-refractivity contribution >= 4 is 5.97 Å². The van der Waals surface area contributed by atoms with Gasteiger partial charge in [0.2, 0.25) is 0 Å². The summed E-state index contributed by atoms with van der Waals surface area (Å²) in [4.78, 5) is 11.8. The van der Waals surface area contributed by atoms with Gasteiger partial charge in [-0.3, -0.25) is 4.79 Å². The van der Waals surface area contributed by atoms with E-state index in [2.05, 4.69) is 53.8 Å². The van der Waals surface area contributed by atoms with Crippen LogP contribution in [0.3, 0.4) is 0 Å². The number of fused-ring (bicyclic) bond motifs is 1. The molecule has 3 heteroatoms. The van der Waals surface area contributed by atoms with Crippen LogP contribution in [-0.4, -0.2) is 19.1 Å². The van der Waals surface area contributed by atoms with E-state index in [1.165, 1.54) is 11.1 Å². The molecule has 0 bridgehead atoms. The fraction of sp³-hybridized carbons (Fsp3) is 0.350. The van der Waals surface area contributed by atoms with Crippen LogP contribution in [0.25, 0.3) is 0 Å². The molecule has 2 fully saturated rings. The number of carbonyl (C=O) groups excluding carboxylic acids is 1. The van der Waals surface area contributed by atoms with Crippen LogP contribution in [0.5, 0.6) is 0 Å². The highest BCUT2D eigenvalue weighted by Crippen LogP contribution is 2.51. The largest absolute Gasteiger partial charge is 0.465 e. The van der Waals surface area contributed by atoms with E-state index in [0.29, 0.717) is 6.61 Å². The second-order valence-corrected chi connectivity index (χ2v) is 6.70. The number of nitrogens with one attached hydrogen (secondary N) is 1. The van der Waals surface area contributed by atoms with Gasteiger partial charge in [-0.05, 0) is 24.0 Å². The highest BCUT2D eigenvalue weighted by Gasteiger charge is 2.56. The zero-order chi connectivity index (χ0) is 15.7. The van der Waals surface area contributed by atoms with Gasteiger partial charge in [0.25, 0.3) is 0 Å². The molecule has 2 aromatic carbocycles. The van der Waals surface area contributed by atoms with E-state index in [-0.39, 0.29) is 23.3 Å². The van der Waals surface area contributed by atoms with Gasteiger partial charge in [0, 0.05) is 12.0 Å². The van der Waals surface area contributed by atoms with Crippen molar-refractivity contribution in [2.75, 3.05) is 13.2 Å². The molecule has 23 heavy (non-hydrogen) atoms. The molecule has 118 valence electrons. The van der Waals surface area contributed by atoms with Gasteiger partial charge in [0.05, 0.1) is 18.6 Å². The second kappa shape index (κ2) is 5.82. The number of hydrogen-bond donors (Lipinski definition) is 1. The van der Waals surface area contributed by atoms with Gasteiger partial charge in [0.1, 0.15) is 0 Å². The predicted molar refractivity (Wildman–Crippen MR) is 88.8 cm³/mol. The average molecular weight is 307 g/mol. The van der Waals surface area contributed by atoms with Gasteiger partial charge in [-0.15, -0.1) is 0 Å². The van der Waals surface area contributed by atoms with Crippen molar-refractivity contribution in [1.29, 1.82) is 0 Å². The molecule has 0 amide bonds. The Bertz CT molecular complexity index is 646. The molecule has 0 aromatic heterocycles. The molecule has 1 aliphatic heterocycles. The summed E-state index contributed by atoms with van der Waals surface area (Å²) in [7, 11) is 0. The Labute approximate surface area is 136 Å². The summed E-state index contributed by atoms with van der Waals surface area (Å²) >= 11 is 0. The Kier molecular flexibility index (Phi) is 3.66. The minimum atomic E-state index is -0.00553. The number of hydrogen-bond acceptors (Lipinski definition) is 3. The van der Waals surface area contributed by atoms with Gasteiger partial charge in [-0.25, -0.2) is 0 Å². The third-order valence-electron chi connectivity index (χ3n) is 5.38. The normalized spacial score (nSPS) is 25.8. The lowest BCUT2D eigenvalue weighted by molar-refractivity contribution is -0.142. The summed E-state index contributed by atoms with van der Waals surface area (Å²) in [6.07, 6.45) is 2.05. The smallest absolute Gasteiger partial charge is 0.309 e. The Morgan fingerprint density at radius 1 is 1.04 bits per heavy atom. The number of cyclic esters (lactones) is 1. The maximum absolute atomic E-state index is 11.8. The number of rotatable bonds is 5. The van der Waals surface area contributed by atoms with Crippen LogP contribution in [0, 0.1) is 11.3 Å². The molecular formula is C20H21NO2. The number of benzene rings is 2. The molecular weight excluding hydrogens is 286 g/mol. The van der Waals surface area contributed by atoms with Crippen LogP contribution >= 0.6 is 0 Å². The zero-order valence-corrected chi connectivity index (χ0v) is 13.1. The van der Waals surface area contributed by atoms with Crippen LogP contribution in [0.15, 0.2) is 60.7 Å². The van der Waals surface area contributed by atoms with Crippen LogP contribution in [0.1, 0.15) is 30.0 Å². The Hall–Kier alpha value is -2.13. The van der Waals surface area contributed by atoms with Crippen LogP contribution in [0.2, 0.25) is 0 Å². The fourth-order valence-corrected chi connectivity index (χ4v) is 3.84. The van der Waals surface area contributed by atoms with E-state index >= 15 is 0 Å². The summed E-state index contributed by atoms with van der Waals surface area (Å²) in [5, 5.41) is 3.70. The molecule has 1 heterocycles. The van der Waals surface area contributed by atoms with Crippen molar-refractivity contribution in [2.24, 2.45) is 11.3 Å². The maximum atomic E-state index is 11.8. The van der Waals surface area contributed by atoms with Crippen molar-refractivity contribution in [3.05, 3.63) is 71.8 Å². The van der Waals surface area contributed by atoms with Gasteiger partial charge in [-0.2, -0.15) is 0 Å². The van der Waals surface area contributed by atoms with Gasteiger partial charge < -0.3 is 10.1 Å². The molecule has 0 unspecified atom stereocenters. The molecule has 2 aromatic rings. The first-order chi connectivity index (χ1) is 11.3. The summed E-state index contributed by atoms with van der Waals surface area (Å²) in [6.45, 7) is 1.39. The average Bonchev–Trinajstić information content (AvgIpc) is 2.79. The quantitative estimate of drug-likeness (QED) is 0.861. The summed E-state index contributed by atoms with van der Waals surface area (Å²) in [6, 6.07) is 21.1. The van der Waals surface area contributed by atoms with E-state index in [1.807, 2.05) is 12.1 Å². The van der Waals surface area contributed by atoms with E-state index in [1.54, 1.807) is 0 Å². The number of carbonyl (C=O) groups is 1. The van der Waals surface area contributed by atoms with E-state index < -0.39 is 0 Å². The number of esters is 1. The lowest BCUT2D eigenvalue weighted by atomic mass is 9.61. The molecule has 1 saturated carbocycles. The standard InChI is InChI=1S/C20H21NO2/c22-19-17-11-12-20(17,14-23-19)13-21-18(15-7-3-1-4-8-15)16-9-5-2-6-10-16/h1-10,17-18,21H,11-14H2/t17-,20-/m0/s1. The predicted octanol–water partition coefficient (Wildman–Crippen LogP) is 3.32. The fourth-order valence-electron chi connectivity index (χ4n) is 3.84. The Morgan fingerprint density at radius 3 is 2.13 bits per heavy atom. The first-order valence-electron chi connectivity index (χ1n) is 8.28. The third-order valence-corrected chi connectivity index (χ3v) is 5.38. The van der Waals surface area contributed by atoms with Crippen LogP contribution in [-0.2, 0) is 9.53 Å². The Balaban J connectivity index is 1.56. The van der Waals surface area contributed by atoms with Crippen molar-refractivity contribution < 1.29 is 9.53 Å². The second-order valence-electron chi connectivity index (χ2n) is 6.70. The van der Waals surface area contributed by atoms with E-state index in [9.17, 15) is 4.79 Å². The molecule has 1 saturated heterocycles. The summed E-state index contributed by atoms with van der Waals surface area (Å²) in [5.41, 5.74) is 2.51. The first-order valence-corrected chi connectivity index (χ1v) is 8.28. The molecule has 1 N–H and O–H groups in total. The van der Waals surface area contributed by atoms with E-state index in [4.69, 9.17) is 4.74 Å². The van der Waals surface area contributed by atoms with Crippen molar-refractivity contribution in [2.45, 2.75) is 18.9 Å². The van der Waals surface area contributed by atoms with Crippen molar-refractivity contribution in [3.8, 4) is 0 Å². The van der Waals surface area contributed by atoms with Gasteiger partial charge >= 0.3 is 5.97 Å². The molecule has 2 aliphatic rings. The zero-order valence-electron chi connectivity index (χ0n) is 13.1. The van der Waals surface area contributed by atoms with E-state index in [0.717, 1.165) is 19.4 Å². The van der Waals surface area contributed by atoms with Crippen LogP contribution < -0.4 is 5.32 Å². The monoisotopic (exact) mass is 307 g/mol. The lowest BCUT2D eigenvalue weighted by Gasteiger charge is -2.42. The SMILES string of the molecule is O=C1OC[C@@]2(CNC(c3ccccc3)c3ccccc3)CC[C@@H]12. The highest BCUT2D eigenvalue weighted by atomic mass is 16.5.